The molecule has 1 saturated carbocycles. The van der Waals surface area contributed by atoms with Gasteiger partial charge in [-0.1, -0.05) is 39.5 Å². The van der Waals surface area contributed by atoms with Crippen molar-refractivity contribution in [1.82, 2.24) is 5.32 Å². The van der Waals surface area contributed by atoms with Gasteiger partial charge in [0.25, 0.3) is 0 Å². The molecule has 0 amide bonds. The van der Waals surface area contributed by atoms with E-state index in [9.17, 15) is 0 Å². The van der Waals surface area contributed by atoms with E-state index in [0.29, 0.717) is 6.04 Å². The lowest BCUT2D eigenvalue weighted by Crippen LogP contribution is -2.31. The van der Waals surface area contributed by atoms with E-state index in [1.54, 1.807) is 11.3 Å². The van der Waals surface area contributed by atoms with Gasteiger partial charge in [-0.25, -0.2) is 0 Å². The molecule has 0 bridgehead atoms. The van der Waals surface area contributed by atoms with Crippen molar-refractivity contribution < 1.29 is 0 Å². The van der Waals surface area contributed by atoms with E-state index in [4.69, 9.17) is 0 Å². The molecule has 0 aromatic carbocycles. The Balaban J connectivity index is 1.99. The number of thiophene rings is 1. The zero-order valence-electron chi connectivity index (χ0n) is 12.1. The number of rotatable bonds is 6. The monoisotopic (exact) mass is 343 g/mol. The van der Waals surface area contributed by atoms with Crippen LogP contribution in [-0.2, 0) is 0 Å². The Bertz CT molecular complexity index is 369. The van der Waals surface area contributed by atoms with Crippen molar-refractivity contribution in [3.05, 3.63) is 20.8 Å². The van der Waals surface area contributed by atoms with Crippen LogP contribution in [0.2, 0.25) is 0 Å². The fraction of sp³-hybridized carbons (Fsp3) is 0.750. The Hall–Kier alpha value is 0.140. The molecule has 1 atom stereocenters. The maximum Gasteiger partial charge on any atom is 0.0368 e. The van der Waals surface area contributed by atoms with Crippen LogP contribution in [0.4, 0.5) is 0 Å². The second-order valence-electron chi connectivity index (χ2n) is 5.78. The molecule has 1 aromatic rings. The summed E-state index contributed by atoms with van der Waals surface area (Å²) in [5.74, 6) is 1.81. The van der Waals surface area contributed by atoms with E-state index in [0.717, 1.165) is 18.4 Å². The summed E-state index contributed by atoms with van der Waals surface area (Å²) in [6.45, 7) is 5.59. The first-order valence-corrected chi connectivity index (χ1v) is 9.44. The van der Waals surface area contributed by atoms with Gasteiger partial charge in [0.1, 0.15) is 0 Å². The minimum Gasteiger partial charge on any atom is -0.310 e. The van der Waals surface area contributed by atoms with E-state index >= 15 is 0 Å². The summed E-state index contributed by atoms with van der Waals surface area (Å²) in [5, 5.41) is 8.24. The number of hydrogen-bond acceptors (Lipinski definition) is 2. The van der Waals surface area contributed by atoms with Crippen molar-refractivity contribution in [3.63, 3.8) is 0 Å². The van der Waals surface area contributed by atoms with Crippen molar-refractivity contribution in [3.8, 4) is 0 Å². The molecule has 1 N–H and O–H groups in total. The fourth-order valence-electron chi connectivity index (χ4n) is 3.48. The molecule has 1 nitrogen and oxygen atoms in total. The van der Waals surface area contributed by atoms with Crippen LogP contribution in [0.15, 0.2) is 15.2 Å². The molecule has 1 unspecified atom stereocenters. The van der Waals surface area contributed by atoms with Gasteiger partial charge in [0.2, 0.25) is 0 Å². The van der Waals surface area contributed by atoms with Crippen molar-refractivity contribution >= 4 is 27.3 Å². The van der Waals surface area contributed by atoms with Crippen LogP contribution in [-0.4, -0.2) is 6.54 Å². The summed E-state index contributed by atoms with van der Waals surface area (Å²) < 4.78 is 1.29. The standard InChI is InChI=1S/C16H26BrNS/c1-3-5-12-6-8-13(9-7-12)16(18-4-2)14-10-19-11-15(14)17/h10-13,16,18H,3-9H2,1-2H3. The lowest BCUT2D eigenvalue weighted by Gasteiger charge is -2.34. The highest BCUT2D eigenvalue weighted by Gasteiger charge is 2.29. The van der Waals surface area contributed by atoms with Crippen LogP contribution in [0.1, 0.15) is 64.0 Å². The van der Waals surface area contributed by atoms with Gasteiger partial charge >= 0.3 is 0 Å². The van der Waals surface area contributed by atoms with Gasteiger partial charge in [-0.3, -0.25) is 0 Å². The third-order valence-corrected chi connectivity index (χ3v) is 6.21. The summed E-state index contributed by atoms with van der Waals surface area (Å²) in [6, 6.07) is 0.549. The SMILES string of the molecule is CCCC1CCC(C(NCC)c2cscc2Br)CC1. The largest absolute Gasteiger partial charge is 0.310 e. The molecule has 0 aliphatic heterocycles. The fourth-order valence-corrected chi connectivity index (χ4v) is 5.06. The molecule has 1 aliphatic carbocycles. The molecule has 1 heterocycles. The minimum atomic E-state index is 0.549. The van der Waals surface area contributed by atoms with Crippen LogP contribution in [0.5, 0.6) is 0 Å². The minimum absolute atomic E-state index is 0.549. The molecule has 3 heteroatoms. The molecular weight excluding hydrogens is 318 g/mol. The van der Waals surface area contributed by atoms with Crippen LogP contribution < -0.4 is 5.32 Å². The maximum atomic E-state index is 3.72. The molecule has 19 heavy (non-hydrogen) atoms. The summed E-state index contributed by atoms with van der Waals surface area (Å²) >= 11 is 5.52. The van der Waals surface area contributed by atoms with Gasteiger partial charge in [-0.15, -0.1) is 0 Å². The van der Waals surface area contributed by atoms with E-state index in [-0.39, 0.29) is 0 Å². The zero-order chi connectivity index (χ0) is 13.7. The maximum absolute atomic E-state index is 3.72. The van der Waals surface area contributed by atoms with Gasteiger partial charge < -0.3 is 5.32 Å². The third-order valence-electron chi connectivity index (χ3n) is 4.46. The third kappa shape index (κ3) is 4.05. The van der Waals surface area contributed by atoms with Crippen LogP contribution in [0.3, 0.4) is 0 Å². The topological polar surface area (TPSA) is 12.0 Å². The molecule has 2 rings (SSSR count). The summed E-state index contributed by atoms with van der Waals surface area (Å²) in [4.78, 5) is 0. The second-order valence-corrected chi connectivity index (χ2v) is 7.38. The first-order valence-electron chi connectivity index (χ1n) is 7.71. The van der Waals surface area contributed by atoms with Gasteiger partial charge in [0, 0.05) is 15.9 Å². The molecule has 0 saturated heterocycles. The van der Waals surface area contributed by atoms with Crippen molar-refractivity contribution in [2.45, 2.75) is 58.4 Å². The lowest BCUT2D eigenvalue weighted by atomic mass is 9.76. The first-order chi connectivity index (χ1) is 9.26. The average molecular weight is 344 g/mol. The Labute approximate surface area is 130 Å². The van der Waals surface area contributed by atoms with Gasteiger partial charge in [0.05, 0.1) is 0 Å². The van der Waals surface area contributed by atoms with Crippen molar-refractivity contribution in [2.24, 2.45) is 11.8 Å². The zero-order valence-corrected chi connectivity index (χ0v) is 14.5. The predicted octanol–water partition coefficient (Wildman–Crippen LogP) is 5.77. The second kappa shape index (κ2) is 7.80. The van der Waals surface area contributed by atoms with E-state index in [1.807, 2.05) is 0 Å². The van der Waals surface area contributed by atoms with Crippen molar-refractivity contribution in [2.75, 3.05) is 6.54 Å². The highest BCUT2D eigenvalue weighted by Crippen LogP contribution is 2.41. The highest BCUT2D eigenvalue weighted by molar-refractivity contribution is 9.10. The average Bonchev–Trinajstić information content (AvgIpc) is 2.84. The predicted molar refractivity (Wildman–Crippen MR) is 88.8 cm³/mol. The molecule has 1 fully saturated rings. The molecule has 0 radical (unpaired) electrons. The van der Waals surface area contributed by atoms with Gasteiger partial charge in [-0.05, 0) is 58.1 Å². The van der Waals surface area contributed by atoms with Crippen LogP contribution >= 0.6 is 27.3 Å². The Kier molecular flexibility index (Phi) is 6.37. The molecule has 1 aliphatic rings. The van der Waals surface area contributed by atoms with Crippen LogP contribution in [0, 0.1) is 11.8 Å². The lowest BCUT2D eigenvalue weighted by molar-refractivity contribution is 0.215. The molecule has 0 spiro atoms. The Morgan fingerprint density at radius 1 is 1.26 bits per heavy atom. The van der Waals surface area contributed by atoms with Gasteiger partial charge in [0.15, 0.2) is 0 Å². The van der Waals surface area contributed by atoms with Crippen LogP contribution in [0.25, 0.3) is 0 Å². The summed E-state index contributed by atoms with van der Waals surface area (Å²) in [6.07, 6.45) is 8.43. The van der Waals surface area contributed by atoms with E-state index < -0.39 is 0 Å². The highest BCUT2D eigenvalue weighted by atomic mass is 79.9. The number of hydrogen-bond donors (Lipinski definition) is 1. The number of halogens is 1. The molecule has 1 aromatic heterocycles. The Morgan fingerprint density at radius 2 is 2.00 bits per heavy atom. The van der Waals surface area contributed by atoms with E-state index in [1.165, 1.54) is 48.6 Å². The van der Waals surface area contributed by atoms with E-state index in [2.05, 4.69) is 45.9 Å². The normalized spacial score (nSPS) is 25.4. The Morgan fingerprint density at radius 3 is 2.53 bits per heavy atom. The van der Waals surface area contributed by atoms with Gasteiger partial charge in [-0.2, -0.15) is 11.3 Å². The smallest absolute Gasteiger partial charge is 0.0368 e. The summed E-state index contributed by atoms with van der Waals surface area (Å²) in [5.41, 5.74) is 1.48. The van der Waals surface area contributed by atoms with Crippen molar-refractivity contribution in [1.29, 1.82) is 0 Å². The first kappa shape index (κ1) is 15.5. The summed E-state index contributed by atoms with van der Waals surface area (Å²) in [7, 11) is 0. The quantitative estimate of drug-likeness (QED) is 0.691. The number of nitrogens with one attached hydrogen (secondary N) is 1. The molecular formula is C16H26BrNS. The molecule has 108 valence electrons.